The molecule has 3 rings (SSSR count). The molecule has 0 aromatic heterocycles. The molecule has 0 N–H and O–H groups in total. The van der Waals surface area contributed by atoms with Gasteiger partial charge in [-0.25, -0.2) is 8.78 Å². The zero-order valence-electron chi connectivity index (χ0n) is 13.9. The summed E-state index contributed by atoms with van der Waals surface area (Å²) in [6, 6.07) is 19.0. The Morgan fingerprint density at radius 3 is 1.42 bits per heavy atom. The summed E-state index contributed by atoms with van der Waals surface area (Å²) in [5, 5.41) is 0. The van der Waals surface area contributed by atoms with Crippen LogP contribution >= 0.6 is 0 Å². The molecule has 122 valence electrons. The maximum absolute atomic E-state index is 14.0. The van der Waals surface area contributed by atoms with E-state index in [4.69, 9.17) is 0 Å². The molecule has 0 spiro atoms. The van der Waals surface area contributed by atoms with Crippen LogP contribution < -0.4 is 0 Å². The van der Waals surface area contributed by atoms with Crippen LogP contribution in [0.4, 0.5) is 8.78 Å². The SMILES string of the molecule is CCc1ccc(-c2ccc(-c3cc(F)c(CC)c(F)c3)cc2)cc1. The summed E-state index contributed by atoms with van der Waals surface area (Å²) in [6.45, 7) is 3.88. The number of aryl methyl sites for hydroxylation is 1. The Morgan fingerprint density at radius 2 is 1.00 bits per heavy atom. The van der Waals surface area contributed by atoms with Crippen molar-refractivity contribution in [2.24, 2.45) is 0 Å². The average Bonchev–Trinajstić information content (AvgIpc) is 2.62. The Kier molecular flexibility index (Phi) is 4.75. The number of halogens is 2. The molecule has 2 heteroatoms. The molecule has 0 saturated carbocycles. The monoisotopic (exact) mass is 322 g/mol. The number of hydrogen-bond acceptors (Lipinski definition) is 0. The highest BCUT2D eigenvalue weighted by molar-refractivity contribution is 5.70. The van der Waals surface area contributed by atoms with Crippen LogP contribution in [-0.2, 0) is 12.8 Å². The Labute approximate surface area is 141 Å². The fraction of sp³-hybridized carbons (Fsp3) is 0.182. The first-order valence-corrected chi connectivity index (χ1v) is 8.30. The molecule has 0 unspecified atom stereocenters. The van der Waals surface area contributed by atoms with E-state index in [1.165, 1.54) is 17.7 Å². The molecule has 3 aromatic carbocycles. The molecule has 0 aliphatic heterocycles. The lowest BCUT2D eigenvalue weighted by molar-refractivity contribution is 0.560. The van der Waals surface area contributed by atoms with Crippen LogP contribution in [0.2, 0.25) is 0 Å². The Morgan fingerprint density at radius 1 is 0.583 bits per heavy atom. The van der Waals surface area contributed by atoms with Crippen molar-refractivity contribution in [3.05, 3.63) is 83.4 Å². The van der Waals surface area contributed by atoms with Gasteiger partial charge in [0.1, 0.15) is 11.6 Å². The van der Waals surface area contributed by atoms with Gasteiger partial charge in [0, 0.05) is 5.56 Å². The van der Waals surface area contributed by atoms with Gasteiger partial charge in [-0.3, -0.25) is 0 Å². The number of benzene rings is 3. The van der Waals surface area contributed by atoms with Crippen LogP contribution in [0.1, 0.15) is 25.0 Å². The van der Waals surface area contributed by atoms with Gasteiger partial charge in [0.2, 0.25) is 0 Å². The molecule has 0 saturated heterocycles. The van der Waals surface area contributed by atoms with E-state index in [0.29, 0.717) is 12.0 Å². The lowest BCUT2D eigenvalue weighted by Gasteiger charge is -2.08. The zero-order chi connectivity index (χ0) is 17.1. The summed E-state index contributed by atoms with van der Waals surface area (Å²) >= 11 is 0. The predicted octanol–water partition coefficient (Wildman–Crippen LogP) is 6.42. The number of hydrogen-bond donors (Lipinski definition) is 0. The van der Waals surface area contributed by atoms with Gasteiger partial charge in [0.05, 0.1) is 0 Å². The first kappa shape index (κ1) is 16.4. The topological polar surface area (TPSA) is 0 Å². The van der Waals surface area contributed by atoms with Crippen LogP contribution in [0.5, 0.6) is 0 Å². The number of rotatable bonds is 4. The molecular formula is C22H20F2. The minimum Gasteiger partial charge on any atom is -0.207 e. The molecule has 0 bridgehead atoms. The van der Waals surface area contributed by atoms with Gasteiger partial charge in [0.25, 0.3) is 0 Å². The van der Waals surface area contributed by atoms with Gasteiger partial charge in [0.15, 0.2) is 0 Å². The summed E-state index contributed by atoms with van der Waals surface area (Å²) in [5.41, 5.74) is 5.05. The van der Waals surface area contributed by atoms with Crippen LogP contribution in [0.25, 0.3) is 22.3 Å². The van der Waals surface area contributed by atoms with Crippen LogP contribution in [-0.4, -0.2) is 0 Å². The average molecular weight is 322 g/mol. The summed E-state index contributed by atoms with van der Waals surface area (Å²) in [6.07, 6.45) is 1.37. The van der Waals surface area contributed by atoms with E-state index >= 15 is 0 Å². The van der Waals surface area contributed by atoms with Crippen molar-refractivity contribution in [1.29, 1.82) is 0 Å². The van der Waals surface area contributed by atoms with Gasteiger partial charge < -0.3 is 0 Å². The van der Waals surface area contributed by atoms with Crippen molar-refractivity contribution in [1.82, 2.24) is 0 Å². The van der Waals surface area contributed by atoms with Gasteiger partial charge in [-0.2, -0.15) is 0 Å². The molecule has 24 heavy (non-hydrogen) atoms. The predicted molar refractivity (Wildman–Crippen MR) is 96.0 cm³/mol. The second kappa shape index (κ2) is 6.96. The fourth-order valence-corrected chi connectivity index (χ4v) is 2.90. The van der Waals surface area contributed by atoms with Crippen LogP contribution in [0, 0.1) is 11.6 Å². The van der Waals surface area contributed by atoms with Crippen molar-refractivity contribution in [3.63, 3.8) is 0 Å². The fourth-order valence-electron chi connectivity index (χ4n) is 2.90. The maximum Gasteiger partial charge on any atom is 0.129 e. The Balaban J connectivity index is 1.91. The quantitative estimate of drug-likeness (QED) is 0.519. The smallest absolute Gasteiger partial charge is 0.129 e. The Bertz CT molecular complexity index is 808. The third kappa shape index (κ3) is 3.23. The van der Waals surface area contributed by atoms with Gasteiger partial charge in [-0.1, -0.05) is 62.4 Å². The zero-order valence-corrected chi connectivity index (χ0v) is 13.9. The summed E-state index contributed by atoms with van der Waals surface area (Å²) in [4.78, 5) is 0. The van der Waals surface area contributed by atoms with Gasteiger partial charge >= 0.3 is 0 Å². The molecule has 0 amide bonds. The summed E-state index contributed by atoms with van der Waals surface area (Å²) < 4.78 is 27.9. The summed E-state index contributed by atoms with van der Waals surface area (Å²) in [7, 11) is 0. The van der Waals surface area contributed by atoms with Gasteiger partial charge in [-0.05, 0) is 52.8 Å². The largest absolute Gasteiger partial charge is 0.207 e. The molecule has 0 nitrogen and oxygen atoms in total. The van der Waals surface area contributed by atoms with E-state index < -0.39 is 11.6 Å². The van der Waals surface area contributed by atoms with E-state index in [0.717, 1.165) is 23.1 Å². The Hall–Kier alpha value is -2.48. The summed E-state index contributed by atoms with van der Waals surface area (Å²) in [5.74, 6) is -0.960. The maximum atomic E-state index is 14.0. The second-order valence-electron chi connectivity index (χ2n) is 5.90. The first-order valence-electron chi connectivity index (χ1n) is 8.30. The van der Waals surface area contributed by atoms with E-state index in [1.54, 1.807) is 6.92 Å². The van der Waals surface area contributed by atoms with E-state index in [1.807, 2.05) is 24.3 Å². The van der Waals surface area contributed by atoms with Gasteiger partial charge in [-0.15, -0.1) is 0 Å². The van der Waals surface area contributed by atoms with Crippen LogP contribution in [0.3, 0.4) is 0 Å². The third-order valence-corrected chi connectivity index (χ3v) is 4.41. The lowest BCUT2D eigenvalue weighted by Crippen LogP contribution is -1.94. The highest BCUT2D eigenvalue weighted by Crippen LogP contribution is 2.28. The van der Waals surface area contributed by atoms with E-state index in [9.17, 15) is 8.78 Å². The molecule has 0 radical (unpaired) electrons. The van der Waals surface area contributed by atoms with Crippen molar-refractivity contribution in [3.8, 4) is 22.3 Å². The van der Waals surface area contributed by atoms with Crippen molar-refractivity contribution < 1.29 is 8.78 Å². The van der Waals surface area contributed by atoms with Crippen molar-refractivity contribution in [2.75, 3.05) is 0 Å². The molecule has 0 heterocycles. The van der Waals surface area contributed by atoms with Crippen molar-refractivity contribution >= 4 is 0 Å². The normalized spacial score (nSPS) is 10.8. The molecule has 0 atom stereocenters. The van der Waals surface area contributed by atoms with E-state index in [2.05, 4.69) is 31.2 Å². The minimum absolute atomic E-state index is 0.145. The highest BCUT2D eigenvalue weighted by atomic mass is 19.1. The minimum atomic E-state index is -0.480. The second-order valence-corrected chi connectivity index (χ2v) is 5.90. The third-order valence-electron chi connectivity index (χ3n) is 4.41. The molecule has 3 aromatic rings. The van der Waals surface area contributed by atoms with Crippen LogP contribution in [0.15, 0.2) is 60.7 Å². The standard InChI is InChI=1S/C22H20F2/c1-3-15-5-7-16(8-6-15)17-9-11-18(12-10-17)19-13-21(23)20(4-2)22(24)14-19/h5-14H,3-4H2,1-2H3. The molecule has 0 aliphatic rings. The first-order chi connectivity index (χ1) is 11.6. The highest BCUT2D eigenvalue weighted by Gasteiger charge is 2.10. The van der Waals surface area contributed by atoms with E-state index in [-0.39, 0.29) is 5.56 Å². The molecular weight excluding hydrogens is 302 g/mol. The lowest BCUT2D eigenvalue weighted by atomic mass is 9.98. The van der Waals surface area contributed by atoms with Crippen molar-refractivity contribution in [2.45, 2.75) is 26.7 Å². The molecule has 0 fully saturated rings. The molecule has 0 aliphatic carbocycles.